The molecule has 1 aromatic rings. The van der Waals surface area contributed by atoms with Crippen molar-refractivity contribution in [3.8, 4) is 5.75 Å². The van der Waals surface area contributed by atoms with Gasteiger partial charge in [0, 0.05) is 33.2 Å². The van der Waals surface area contributed by atoms with E-state index in [0.717, 1.165) is 31.4 Å². The van der Waals surface area contributed by atoms with E-state index in [1.165, 1.54) is 5.56 Å². The van der Waals surface area contributed by atoms with Gasteiger partial charge < -0.3 is 20.1 Å². The van der Waals surface area contributed by atoms with Crippen molar-refractivity contribution in [1.82, 2.24) is 15.4 Å². The van der Waals surface area contributed by atoms with Crippen molar-refractivity contribution in [1.29, 1.82) is 0 Å². The summed E-state index contributed by atoms with van der Waals surface area (Å²) >= 11 is 0. The standard InChI is InChI=1S/C19H30N4O4S/c1-20-19(22-13-17-12-15-6-2-3-8-18(15)27-17)21-9-11-28(24,25)23-14-16-7-4-5-10-26-16/h2-3,6,8,16-17,23H,4-5,7,9-14H2,1H3,(H2,20,21,22). The Morgan fingerprint density at radius 3 is 2.79 bits per heavy atom. The molecule has 3 rings (SSSR count). The molecule has 3 N–H and O–H groups in total. The molecule has 2 unspecified atom stereocenters. The average molecular weight is 411 g/mol. The van der Waals surface area contributed by atoms with Gasteiger partial charge in [0.2, 0.25) is 10.0 Å². The highest BCUT2D eigenvalue weighted by molar-refractivity contribution is 7.89. The van der Waals surface area contributed by atoms with Gasteiger partial charge in [0.05, 0.1) is 18.4 Å². The molecule has 8 nitrogen and oxygen atoms in total. The number of hydrogen-bond donors (Lipinski definition) is 3. The van der Waals surface area contributed by atoms with Crippen LogP contribution in [0.2, 0.25) is 0 Å². The van der Waals surface area contributed by atoms with Crippen molar-refractivity contribution in [2.45, 2.75) is 37.9 Å². The summed E-state index contributed by atoms with van der Waals surface area (Å²) in [6.45, 7) is 1.92. The summed E-state index contributed by atoms with van der Waals surface area (Å²) in [5.41, 5.74) is 1.20. The second-order valence-electron chi connectivity index (χ2n) is 7.09. The number of para-hydroxylation sites is 1. The van der Waals surface area contributed by atoms with Gasteiger partial charge in [-0.05, 0) is 30.9 Å². The first-order valence-corrected chi connectivity index (χ1v) is 11.5. The summed E-state index contributed by atoms with van der Waals surface area (Å²) in [5, 5.41) is 6.24. The van der Waals surface area contributed by atoms with Gasteiger partial charge in [-0.25, -0.2) is 13.1 Å². The third-order valence-electron chi connectivity index (χ3n) is 4.90. The van der Waals surface area contributed by atoms with E-state index in [4.69, 9.17) is 9.47 Å². The molecule has 9 heteroatoms. The summed E-state index contributed by atoms with van der Waals surface area (Å²) in [4.78, 5) is 4.14. The fourth-order valence-electron chi connectivity index (χ4n) is 3.36. The van der Waals surface area contributed by atoms with Gasteiger partial charge in [-0.3, -0.25) is 4.99 Å². The minimum absolute atomic E-state index is 0.0125. The van der Waals surface area contributed by atoms with E-state index in [0.29, 0.717) is 25.7 Å². The normalized spacial score (nSPS) is 22.4. The maximum absolute atomic E-state index is 12.1. The first-order chi connectivity index (χ1) is 13.6. The number of nitrogens with one attached hydrogen (secondary N) is 3. The molecular weight excluding hydrogens is 380 g/mol. The first-order valence-electron chi connectivity index (χ1n) is 9.84. The van der Waals surface area contributed by atoms with Crippen molar-refractivity contribution >= 4 is 16.0 Å². The Labute approximate surface area is 167 Å². The predicted octanol–water partition coefficient (Wildman–Crippen LogP) is 0.644. The van der Waals surface area contributed by atoms with Crippen LogP contribution >= 0.6 is 0 Å². The highest BCUT2D eigenvalue weighted by Gasteiger charge is 2.22. The zero-order valence-corrected chi connectivity index (χ0v) is 17.1. The molecule has 0 aromatic heterocycles. The second kappa shape index (κ2) is 10.1. The molecule has 0 radical (unpaired) electrons. The third-order valence-corrected chi connectivity index (χ3v) is 6.25. The Balaban J connectivity index is 1.33. The van der Waals surface area contributed by atoms with Crippen LogP contribution in [0.5, 0.6) is 5.75 Å². The number of benzene rings is 1. The van der Waals surface area contributed by atoms with Crippen LogP contribution in [0.15, 0.2) is 29.3 Å². The summed E-state index contributed by atoms with van der Waals surface area (Å²) in [5.74, 6) is 1.47. The summed E-state index contributed by atoms with van der Waals surface area (Å²) in [6, 6.07) is 8.01. The van der Waals surface area contributed by atoms with Gasteiger partial charge in [-0.15, -0.1) is 0 Å². The van der Waals surface area contributed by atoms with Gasteiger partial charge in [0.15, 0.2) is 5.96 Å². The fourth-order valence-corrected chi connectivity index (χ4v) is 4.32. The Morgan fingerprint density at radius 1 is 1.18 bits per heavy atom. The van der Waals surface area contributed by atoms with E-state index < -0.39 is 10.0 Å². The number of guanidine groups is 1. The van der Waals surface area contributed by atoms with Gasteiger partial charge in [0.25, 0.3) is 0 Å². The zero-order chi connectivity index (χ0) is 19.8. The lowest BCUT2D eigenvalue weighted by atomic mass is 10.1. The van der Waals surface area contributed by atoms with Crippen LogP contribution in [-0.4, -0.2) is 65.6 Å². The minimum atomic E-state index is -3.35. The Morgan fingerprint density at radius 2 is 2.04 bits per heavy atom. The van der Waals surface area contributed by atoms with Gasteiger partial charge >= 0.3 is 0 Å². The molecule has 1 saturated heterocycles. The molecule has 0 aliphatic carbocycles. The SMILES string of the molecule is CN=C(NCCS(=O)(=O)NCC1CCCCO1)NCC1Cc2ccccc2O1. The highest BCUT2D eigenvalue weighted by Crippen LogP contribution is 2.27. The lowest BCUT2D eigenvalue weighted by Crippen LogP contribution is -2.45. The Kier molecular flexibility index (Phi) is 7.52. The van der Waals surface area contributed by atoms with Gasteiger partial charge in [-0.1, -0.05) is 18.2 Å². The Bertz CT molecular complexity index is 738. The van der Waals surface area contributed by atoms with Crippen molar-refractivity contribution in [3.05, 3.63) is 29.8 Å². The molecule has 0 bridgehead atoms. The molecule has 0 saturated carbocycles. The number of aliphatic imine (C=N–C) groups is 1. The summed E-state index contributed by atoms with van der Waals surface area (Å²) in [6.07, 6.45) is 3.92. The maximum atomic E-state index is 12.1. The molecule has 156 valence electrons. The van der Waals surface area contributed by atoms with Crippen molar-refractivity contribution in [2.24, 2.45) is 4.99 Å². The number of ether oxygens (including phenoxy) is 2. The lowest BCUT2D eigenvalue weighted by molar-refractivity contribution is 0.0200. The van der Waals surface area contributed by atoms with Crippen LogP contribution < -0.4 is 20.1 Å². The molecule has 1 fully saturated rings. The van der Waals surface area contributed by atoms with Gasteiger partial charge in [0.1, 0.15) is 11.9 Å². The molecule has 2 aliphatic heterocycles. The summed E-state index contributed by atoms with van der Waals surface area (Å²) in [7, 11) is -1.69. The van der Waals surface area contributed by atoms with Crippen molar-refractivity contribution < 1.29 is 17.9 Å². The van der Waals surface area contributed by atoms with Crippen LogP contribution in [0.4, 0.5) is 0 Å². The smallest absolute Gasteiger partial charge is 0.213 e. The van der Waals surface area contributed by atoms with Crippen LogP contribution in [-0.2, 0) is 21.2 Å². The topological polar surface area (TPSA) is 101 Å². The number of sulfonamides is 1. The molecule has 2 heterocycles. The quantitative estimate of drug-likeness (QED) is 0.430. The van der Waals surface area contributed by atoms with Crippen molar-refractivity contribution in [2.75, 3.05) is 39.0 Å². The molecule has 2 atom stereocenters. The van der Waals surface area contributed by atoms with Crippen LogP contribution in [0.3, 0.4) is 0 Å². The number of hydrogen-bond acceptors (Lipinski definition) is 5. The second-order valence-corrected chi connectivity index (χ2v) is 9.01. The number of rotatable bonds is 8. The number of nitrogens with zero attached hydrogens (tertiary/aromatic N) is 1. The van der Waals surface area contributed by atoms with Crippen molar-refractivity contribution in [3.63, 3.8) is 0 Å². The minimum Gasteiger partial charge on any atom is -0.488 e. The molecule has 28 heavy (non-hydrogen) atoms. The van der Waals surface area contributed by atoms with E-state index >= 15 is 0 Å². The van der Waals surface area contributed by atoms with Crippen LogP contribution in [0.1, 0.15) is 24.8 Å². The number of fused-ring (bicyclic) bond motifs is 1. The molecule has 2 aliphatic rings. The van der Waals surface area contributed by atoms with Crippen LogP contribution in [0.25, 0.3) is 0 Å². The van der Waals surface area contributed by atoms with Gasteiger partial charge in [-0.2, -0.15) is 0 Å². The lowest BCUT2D eigenvalue weighted by Gasteiger charge is -2.22. The predicted molar refractivity (Wildman–Crippen MR) is 109 cm³/mol. The highest BCUT2D eigenvalue weighted by atomic mass is 32.2. The molecule has 1 aromatic carbocycles. The molecule has 0 spiro atoms. The van der Waals surface area contributed by atoms with E-state index in [-0.39, 0.29) is 24.5 Å². The monoisotopic (exact) mass is 410 g/mol. The third kappa shape index (κ3) is 6.35. The molecule has 0 amide bonds. The van der Waals surface area contributed by atoms with E-state index in [1.807, 2.05) is 18.2 Å². The van der Waals surface area contributed by atoms with E-state index in [1.54, 1.807) is 7.05 Å². The average Bonchev–Trinajstić information content (AvgIpc) is 3.13. The Hall–Kier alpha value is -1.84. The van der Waals surface area contributed by atoms with E-state index in [2.05, 4.69) is 26.4 Å². The molecular formula is C19H30N4O4S. The maximum Gasteiger partial charge on any atom is 0.213 e. The van der Waals surface area contributed by atoms with E-state index in [9.17, 15) is 8.42 Å². The zero-order valence-electron chi connectivity index (χ0n) is 16.3. The fraction of sp³-hybridized carbons (Fsp3) is 0.632. The largest absolute Gasteiger partial charge is 0.488 e. The summed E-state index contributed by atoms with van der Waals surface area (Å²) < 4.78 is 38.4. The van der Waals surface area contributed by atoms with Crippen LogP contribution in [0, 0.1) is 0 Å². The first kappa shape index (κ1) is 20.9.